The number of aromatic amines is 1. The van der Waals surface area contributed by atoms with Crippen molar-refractivity contribution in [2.45, 2.75) is 19.8 Å². The molecule has 0 spiro atoms. The number of aromatic nitrogens is 1. The number of hydrogen-bond donors (Lipinski definition) is 2. The summed E-state index contributed by atoms with van der Waals surface area (Å²) in [4.78, 5) is 28.4. The third-order valence-electron chi connectivity index (χ3n) is 2.40. The molecule has 0 aliphatic heterocycles. The van der Waals surface area contributed by atoms with Crippen LogP contribution in [0.4, 0.5) is 0 Å². The van der Waals surface area contributed by atoms with E-state index in [1.54, 1.807) is 14.1 Å². The summed E-state index contributed by atoms with van der Waals surface area (Å²) in [5, 5.41) is 2.73. The molecule has 0 radical (unpaired) electrons. The van der Waals surface area contributed by atoms with Gasteiger partial charge in [-0.15, -0.1) is 11.3 Å². The lowest BCUT2D eigenvalue weighted by Crippen LogP contribution is -2.31. The Hall–Kier alpha value is -1.21. The summed E-state index contributed by atoms with van der Waals surface area (Å²) < 4.78 is 0.679. The van der Waals surface area contributed by atoms with E-state index in [9.17, 15) is 9.59 Å². The van der Waals surface area contributed by atoms with Crippen molar-refractivity contribution < 1.29 is 9.59 Å². The zero-order chi connectivity index (χ0) is 13.7. The van der Waals surface area contributed by atoms with Gasteiger partial charge in [0.2, 0.25) is 11.8 Å². The highest BCUT2D eigenvalue weighted by atomic mass is 32.1. The zero-order valence-corrected chi connectivity index (χ0v) is 12.3. The van der Waals surface area contributed by atoms with Crippen molar-refractivity contribution in [3.05, 3.63) is 14.5 Å². The molecule has 1 rings (SSSR count). The number of carbonyl (C=O) groups is 2. The van der Waals surface area contributed by atoms with E-state index < -0.39 is 0 Å². The van der Waals surface area contributed by atoms with E-state index in [0.29, 0.717) is 23.3 Å². The molecular formula is C11H17N3O2S2. The molecule has 5 nitrogen and oxygen atoms in total. The molecule has 0 aliphatic rings. The van der Waals surface area contributed by atoms with Crippen LogP contribution in [-0.2, 0) is 16.0 Å². The molecule has 0 fully saturated rings. The van der Waals surface area contributed by atoms with E-state index in [-0.39, 0.29) is 11.8 Å². The summed E-state index contributed by atoms with van der Waals surface area (Å²) in [6, 6.07) is 0. The summed E-state index contributed by atoms with van der Waals surface area (Å²) in [5.74, 6) is -0.0845. The largest absolute Gasteiger partial charge is 0.355 e. The van der Waals surface area contributed by atoms with Gasteiger partial charge in [-0.25, -0.2) is 0 Å². The van der Waals surface area contributed by atoms with Gasteiger partial charge in [0, 0.05) is 37.6 Å². The van der Waals surface area contributed by atoms with E-state index in [2.05, 4.69) is 10.3 Å². The average molecular weight is 287 g/mol. The van der Waals surface area contributed by atoms with Crippen LogP contribution in [0.2, 0.25) is 0 Å². The Bertz CT molecular complexity index is 491. The normalized spacial score (nSPS) is 10.2. The fourth-order valence-corrected chi connectivity index (χ4v) is 2.64. The highest BCUT2D eigenvalue weighted by molar-refractivity contribution is 7.73. The van der Waals surface area contributed by atoms with Crippen LogP contribution in [0.1, 0.15) is 17.0 Å². The molecule has 0 aliphatic carbocycles. The molecule has 0 bridgehead atoms. The Morgan fingerprint density at radius 3 is 2.61 bits per heavy atom. The summed E-state index contributed by atoms with van der Waals surface area (Å²) in [5.41, 5.74) is 0.935. The molecule has 0 atom stereocenters. The summed E-state index contributed by atoms with van der Waals surface area (Å²) >= 11 is 6.42. The van der Waals surface area contributed by atoms with E-state index in [1.165, 1.54) is 16.2 Å². The minimum Gasteiger partial charge on any atom is -0.355 e. The van der Waals surface area contributed by atoms with Crippen molar-refractivity contribution in [3.8, 4) is 0 Å². The number of rotatable bonds is 5. The van der Waals surface area contributed by atoms with Gasteiger partial charge in [-0.2, -0.15) is 0 Å². The number of hydrogen-bond acceptors (Lipinski definition) is 4. The van der Waals surface area contributed by atoms with Crippen molar-refractivity contribution in [1.29, 1.82) is 0 Å². The van der Waals surface area contributed by atoms with Crippen LogP contribution in [0.15, 0.2) is 0 Å². The zero-order valence-electron chi connectivity index (χ0n) is 10.7. The highest BCUT2D eigenvalue weighted by Crippen LogP contribution is 2.14. The molecule has 100 valence electrons. The maximum absolute atomic E-state index is 11.6. The molecule has 1 aromatic heterocycles. The van der Waals surface area contributed by atoms with Crippen LogP contribution in [0.3, 0.4) is 0 Å². The molecule has 0 saturated heterocycles. The predicted octanol–water partition coefficient (Wildman–Crippen LogP) is 1.25. The molecule has 7 heteroatoms. The lowest BCUT2D eigenvalue weighted by molar-refractivity contribution is -0.128. The average Bonchev–Trinajstić information content (AvgIpc) is 2.57. The quantitative estimate of drug-likeness (QED) is 0.801. The van der Waals surface area contributed by atoms with Crippen LogP contribution >= 0.6 is 23.6 Å². The number of thiazole rings is 1. The molecule has 18 heavy (non-hydrogen) atoms. The fraction of sp³-hybridized carbons (Fsp3) is 0.545. The van der Waals surface area contributed by atoms with Gasteiger partial charge >= 0.3 is 0 Å². The first-order valence-corrected chi connectivity index (χ1v) is 6.78. The van der Waals surface area contributed by atoms with Gasteiger partial charge in [-0.1, -0.05) is 0 Å². The van der Waals surface area contributed by atoms with Gasteiger partial charge in [0.15, 0.2) is 3.95 Å². The third-order valence-corrected chi connectivity index (χ3v) is 3.74. The molecule has 2 amide bonds. The fourth-order valence-electron chi connectivity index (χ4n) is 1.35. The minimum absolute atomic E-state index is 0.00350. The number of carbonyl (C=O) groups excluding carboxylic acids is 2. The van der Waals surface area contributed by atoms with Gasteiger partial charge in [-0.05, 0) is 19.1 Å². The Kier molecular flexibility index (Phi) is 5.49. The van der Waals surface area contributed by atoms with Crippen molar-refractivity contribution in [2.24, 2.45) is 0 Å². The smallest absolute Gasteiger partial charge is 0.225 e. The second-order valence-electron chi connectivity index (χ2n) is 4.13. The number of nitrogens with zero attached hydrogens (tertiary/aromatic N) is 1. The summed E-state index contributed by atoms with van der Waals surface area (Å²) in [7, 11) is 3.39. The number of H-pyrrole nitrogens is 1. The molecule has 1 heterocycles. The Morgan fingerprint density at radius 1 is 1.44 bits per heavy atom. The molecule has 0 aromatic carbocycles. The van der Waals surface area contributed by atoms with Crippen LogP contribution < -0.4 is 5.32 Å². The predicted molar refractivity (Wildman–Crippen MR) is 74.3 cm³/mol. The molecular weight excluding hydrogens is 270 g/mol. The van der Waals surface area contributed by atoms with Crippen molar-refractivity contribution >= 4 is 35.4 Å². The lowest BCUT2D eigenvalue weighted by Gasteiger charge is -2.10. The van der Waals surface area contributed by atoms with Gasteiger partial charge in [0.1, 0.15) is 0 Å². The van der Waals surface area contributed by atoms with E-state index in [4.69, 9.17) is 12.2 Å². The van der Waals surface area contributed by atoms with Crippen LogP contribution in [0.5, 0.6) is 0 Å². The van der Waals surface area contributed by atoms with Crippen molar-refractivity contribution in [1.82, 2.24) is 15.2 Å². The van der Waals surface area contributed by atoms with Crippen molar-refractivity contribution in [2.75, 3.05) is 20.6 Å². The van der Waals surface area contributed by atoms with E-state index in [1.807, 2.05) is 6.92 Å². The summed E-state index contributed by atoms with van der Waals surface area (Å²) in [6.07, 6.45) is 0.625. The maximum Gasteiger partial charge on any atom is 0.225 e. The maximum atomic E-state index is 11.6. The number of nitrogens with one attached hydrogen (secondary N) is 2. The van der Waals surface area contributed by atoms with Crippen LogP contribution in [0, 0.1) is 10.9 Å². The highest BCUT2D eigenvalue weighted by Gasteiger charge is 2.09. The Morgan fingerprint density at radius 2 is 2.11 bits per heavy atom. The van der Waals surface area contributed by atoms with Crippen LogP contribution in [0.25, 0.3) is 0 Å². The van der Waals surface area contributed by atoms with Gasteiger partial charge in [0.25, 0.3) is 0 Å². The van der Waals surface area contributed by atoms with Crippen LogP contribution in [-0.4, -0.2) is 42.3 Å². The molecule has 0 unspecified atom stereocenters. The SMILES string of the molecule is Cc1[nH]c(=S)sc1CC(=O)NCCC(=O)N(C)C. The topological polar surface area (TPSA) is 65.2 Å². The van der Waals surface area contributed by atoms with E-state index >= 15 is 0 Å². The Balaban J connectivity index is 2.37. The van der Waals surface area contributed by atoms with Gasteiger partial charge in [0.05, 0.1) is 6.42 Å². The second kappa shape index (κ2) is 6.65. The minimum atomic E-state index is -0.0880. The van der Waals surface area contributed by atoms with Gasteiger partial charge < -0.3 is 15.2 Å². The summed E-state index contributed by atoms with van der Waals surface area (Å²) in [6.45, 7) is 2.26. The second-order valence-corrected chi connectivity index (χ2v) is 5.90. The van der Waals surface area contributed by atoms with E-state index in [0.717, 1.165) is 10.6 Å². The first kappa shape index (κ1) is 14.8. The molecule has 2 N–H and O–H groups in total. The third kappa shape index (κ3) is 4.58. The number of amides is 2. The lowest BCUT2D eigenvalue weighted by atomic mass is 10.3. The standard InChI is InChI=1S/C11H17N3O2S2/c1-7-8(18-11(17)13-7)6-9(15)12-5-4-10(16)14(2)3/h4-6H2,1-3H3,(H,12,15)(H,13,17). The Labute approximate surface area is 115 Å². The first-order valence-electron chi connectivity index (χ1n) is 5.55. The van der Waals surface area contributed by atoms with Crippen molar-refractivity contribution in [3.63, 3.8) is 0 Å². The molecule has 1 aromatic rings. The first-order chi connectivity index (χ1) is 8.40. The van der Waals surface area contributed by atoms with Gasteiger partial charge in [-0.3, -0.25) is 9.59 Å². The number of aryl methyl sites for hydroxylation is 1. The monoisotopic (exact) mass is 287 g/mol. The molecule has 0 saturated carbocycles.